The predicted molar refractivity (Wildman–Crippen MR) is 108 cm³/mol. The molecule has 1 aromatic carbocycles. The molecule has 0 N–H and O–H groups in total. The van der Waals surface area contributed by atoms with Gasteiger partial charge in [0, 0.05) is 38.8 Å². The minimum Gasteiger partial charge on any atom is -0.338 e. The van der Waals surface area contributed by atoms with Crippen molar-refractivity contribution in [3.8, 4) is 0 Å². The van der Waals surface area contributed by atoms with Gasteiger partial charge < -0.3 is 4.90 Å². The van der Waals surface area contributed by atoms with Crippen LogP contribution in [-0.4, -0.2) is 73.7 Å². The van der Waals surface area contributed by atoms with Crippen LogP contribution in [0.4, 0.5) is 4.39 Å². The number of piperidine rings is 1. The molecule has 1 aliphatic carbocycles. The Morgan fingerprint density at radius 3 is 2.48 bits per heavy atom. The van der Waals surface area contributed by atoms with Crippen molar-refractivity contribution in [3.05, 3.63) is 30.1 Å². The number of rotatable bonds is 4. The third-order valence-corrected chi connectivity index (χ3v) is 8.58. The van der Waals surface area contributed by atoms with E-state index in [1.165, 1.54) is 48.2 Å². The van der Waals surface area contributed by atoms with Crippen molar-refractivity contribution in [1.82, 2.24) is 14.1 Å². The van der Waals surface area contributed by atoms with Crippen LogP contribution < -0.4 is 0 Å². The molecule has 160 valence electrons. The average molecular weight is 424 g/mol. The van der Waals surface area contributed by atoms with E-state index < -0.39 is 15.8 Å². The number of halogens is 1. The van der Waals surface area contributed by atoms with Crippen molar-refractivity contribution < 1.29 is 17.6 Å². The molecule has 8 heteroatoms. The highest BCUT2D eigenvalue weighted by molar-refractivity contribution is 7.89. The molecule has 2 saturated heterocycles. The van der Waals surface area contributed by atoms with Crippen LogP contribution in [0.15, 0.2) is 29.2 Å². The Kier molecular flexibility index (Phi) is 6.22. The monoisotopic (exact) mass is 423 g/mol. The molecule has 1 saturated carbocycles. The first kappa shape index (κ1) is 20.8. The predicted octanol–water partition coefficient (Wildman–Crippen LogP) is 2.31. The molecule has 0 spiro atoms. The zero-order chi connectivity index (χ0) is 20.4. The molecule has 29 heavy (non-hydrogen) atoms. The number of carbonyl (C=O) groups is 1. The fourth-order valence-corrected chi connectivity index (χ4v) is 6.58. The van der Waals surface area contributed by atoms with E-state index in [2.05, 4.69) is 4.90 Å². The summed E-state index contributed by atoms with van der Waals surface area (Å²) in [5.41, 5.74) is 0. The summed E-state index contributed by atoms with van der Waals surface area (Å²) in [5.74, 6) is 0.288. The Morgan fingerprint density at radius 2 is 1.72 bits per heavy atom. The minimum atomic E-state index is -3.70. The molecule has 6 nitrogen and oxygen atoms in total. The number of piperazine rings is 1. The van der Waals surface area contributed by atoms with Crippen molar-refractivity contribution in [2.45, 2.75) is 49.5 Å². The maximum atomic E-state index is 13.4. The van der Waals surface area contributed by atoms with Gasteiger partial charge in [0.15, 0.2) is 0 Å². The first-order valence-corrected chi connectivity index (χ1v) is 12.2. The van der Waals surface area contributed by atoms with E-state index in [0.717, 1.165) is 25.5 Å². The van der Waals surface area contributed by atoms with Crippen molar-refractivity contribution in [2.75, 3.05) is 39.3 Å². The van der Waals surface area contributed by atoms with Gasteiger partial charge in [0.05, 0.1) is 11.4 Å². The van der Waals surface area contributed by atoms with Gasteiger partial charge in [0.1, 0.15) is 5.82 Å². The highest BCUT2D eigenvalue weighted by Crippen LogP contribution is 2.35. The molecule has 0 radical (unpaired) electrons. The van der Waals surface area contributed by atoms with E-state index in [0.29, 0.717) is 44.7 Å². The van der Waals surface area contributed by atoms with Gasteiger partial charge in [-0.1, -0.05) is 18.9 Å². The van der Waals surface area contributed by atoms with Crippen LogP contribution in [0.5, 0.6) is 0 Å². The number of nitrogens with zero attached hydrogens (tertiary/aromatic N) is 3. The molecular formula is C21H30FN3O3S. The standard InChI is InChI=1S/C21H30FN3O3S/c22-18-7-3-8-19(15-18)29(27,28)24-13-11-23(12-14-24)16-21(26)25-10-4-6-17-5-1-2-9-20(17)25/h3,7-8,15,17,20H,1-2,4-6,9-14,16H2/t17-,20+/m1/s1. The van der Waals surface area contributed by atoms with Crippen LogP contribution >= 0.6 is 0 Å². The fraction of sp³-hybridized carbons (Fsp3) is 0.667. The fourth-order valence-electron chi connectivity index (χ4n) is 5.12. The van der Waals surface area contributed by atoms with Crippen molar-refractivity contribution >= 4 is 15.9 Å². The molecule has 0 aromatic heterocycles. The number of fused-ring (bicyclic) bond motifs is 1. The number of hydrogen-bond donors (Lipinski definition) is 0. The summed E-state index contributed by atoms with van der Waals surface area (Å²) in [6.45, 7) is 2.88. The van der Waals surface area contributed by atoms with E-state index in [-0.39, 0.29) is 10.8 Å². The molecular weight excluding hydrogens is 393 g/mol. The van der Waals surface area contributed by atoms with Crippen LogP contribution in [0.25, 0.3) is 0 Å². The molecule has 0 bridgehead atoms. The summed E-state index contributed by atoms with van der Waals surface area (Å²) in [6, 6.07) is 5.53. The lowest BCUT2D eigenvalue weighted by Crippen LogP contribution is -2.55. The van der Waals surface area contributed by atoms with Gasteiger partial charge in [-0.2, -0.15) is 4.31 Å². The molecule has 0 unspecified atom stereocenters. The lowest BCUT2D eigenvalue weighted by molar-refractivity contribution is -0.139. The van der Waals surface area contributed by atoms with Crippen LogP contribution in [0.2, 0.25) is 0 Å². The van der Waals surface area contributed by atoms with Crippen LogP contribution in [0.3, 0.4) is 0 Å². The average Bonchev–Trinajstić information content (AvgIpc) is 2.73. The van der Waals surface area contributed by atoms with Gasteiger partial charge in [0.2, 0.25) is 15.9 Å². The highest BCUT2D eigenvalue weighted by atomic mass is 32.2. The quantitative estimate of drug-likeness (QED) is 0.746. The molecule has 1 aromatic rings. The van der Waals surface area contributed by atoms with E-state index >= 15 is 0 Å². The number of likely N-dealkylation sites (tertiary alicyclic amines) is 1. The Bertz CT molecular complexity index is 837. The van der Waals surface area contributed by atoms with Gasteiger partial charge in [-0.25, -0.2) is 12.8 Å². The van der Waals surface area contributed by atoms with Crippen LogP contribution in [-0.2, 0) is 14.8 Å². The summed E-state index contributed by atoms with van der Waals surface area (Å²) >= 11 is 0. The largest absolute Gasteiger partial charge is 0.338 e. The highest BCUT2D eigenvalue weighted by Gasteiger charge is 2.36. The number of hydrogen-bond acceptors (Lipinski definition) is 4. The first-order chi connectivity index (χ1) is 13.9. The number of sulfonamides is 1. The molecule has 1 amide bonds. The van der Waals surface area contributed by atoms with E-state index in [1.807, 2.05) is 4.90 Å². The van der Waals surface area contributed by atoms with Crippen molar-refractivity contribution in [1.29, 1.82) is 0 Å². The zero-order valence-corrected chi connectivity index (χ0v) is 17.6. The number of benzene rings is 1. The van der Waals surface area contributed by atoms with Gasteiger partial charge in [-0.15, -0.1) is 0 Å². The second-order valence-corrected chi connectivity index (χ2v) is 10.4. The third-order valence-electron chi connectivity index (χ3n) is 6.69. The molecule has 2 atom stereocenters. The lowest BCUT2D eigenvalue weighted by atomic mass is 9.78. The lowest BCUT2D eigenvalue weighted by Gasteiger charge is -2.45. The minimum absolute atomic E-state index is 0.0151. The molecule has 4 rings (SSSR count). The molecule has 3 aliphatic rings. The smallest absolute Gasteiger partial charge is 0.243 e. The van der Waals surface area contributed by atoms with E-state index in [9.17, 15) is 17.6 Å². The van der Waals surface area contributed by atoms with Gasteiger partial charge in [-0.3, -0.25) is 9.69 Å². The number of amides is 1. The summed E-state index contributed by atoms with van der Waals surface area (Å²) in [7, 11) is -3.70. The summed E-state index contributed by atoms with van der Waals surface area (Å²) in [4.78, 5) is 17.1. The summed E-state index contributed by atoms with van der Waals surface area (Å²) < 4.78 is 40.3. The Balaban J connectivity index is 1.33. The normalized spacial score (nSPS) is 26.9. The first-order valence-electron chi connectivity index (χ1n) is 10.7. The van der Waals surface area contributed by atoms with Crippen molar-refractivity contribution in [3.63, 3.8) is 0 Å². The molecule has 2 heterocycles. The maximum absolute atomic E-state index is 13.4. The second kappa shape index (κ2) is 8.70. The van der Waals surface area contributed by atoms with Gasteiger partial charge in [0.25, 0.3) is 0 Å². The topological polar surface area (TPSA) is 60.9 Å². The Labute approximate surface area is 172 Å². The van der Waals surface area contributed by atoms with Crippen LogP contribution in [0.1, 0.15) is 38.5 Å². The second-order valence-electron chi connectivity index (χ2n) is 8.48. The van der Waals surface area contributed by atoms with Gasteiger partial charge in [-0.05, 0) is 49.8 Å². The van der Waals surface area contributed by atoms with E-state index in [4.69, 9.17) is 0 Å². The van der Waals surface area contributed by atoms with Crippen LogP contribution in [0, 0.1) is 11.7 Å². The Hall–Kier alpha value is -1.51. The zero-order valence-electron chi connectivity index (χ0n) is 16.8. The summed E-state index contributed by atoms with van der Waals surface area (Å²) in [5, 5.41) is 0. The SMILES string of the molecule is O=C(CN1CCN(S(=O)(=O)c2cccc(F)c2)CC1)N1CCC[C@H]2CCCC[C@@H]21. The molecule has 3 fully saturated rings. The number of carbonyl (C=O) groups excluding carboxylic acids is 1. The third kappa shape index (κ3) is 4.49. The van der Waals surface area contributed by atoms with E-state index in [1.54, 1.807) is 0 Å². The Morgan fingerprint density at radius 1 is 1.00 bits per heavy atom. The molecule has 2 aliphatic heterocycles. The summed E-state index contributed by atoms with van der Waals surface area (Å²) in [6.07, 6.45) is 7.19. The van der Waals surface area contributed by atoms with Gasteiger partial charge >= 0.3 is 0 Å². The maximum Gasteiger partial charge on any atom is 0.243 e. The van der Waals surface area contributed by atoms with Crippen molar-refractivity contribution in [2.24, 2.45) is 5.92 Å².